The van der Waals surface area contributed by atoms with Crippen molar-refractivity contribution in [2.45, 2.75) is 25.7 Å². The van der Waals surface area contributed by atoms with Crippen molar-refractivity contribution >= 4 is 16.7 Å². The SMILES string of the molecule is O=C(C1CC1)N1CC[C@@H](Cc2n[nH]c(=O)n2-c2ccc(-c3ccc4cc[nH]c(=O)c4c3)cc2)C1. The lowest BCUT2D eigenvalue weighted by molar-refractivity contribution is -0.131. The number of amides is 1. The van der Waals surface area contributed by atoms with E-state index in [1.165, 1.54) is 0 Å². The number of rotatable bonds is 5. The molecule has 0 radical (unpaired) electrons. The van der Waals surface area contributed by atoms with E-state index in [1.54, 1.807) is 10.8 Å². The van der Waals surface area contributed by atoms with Crippen molar-refractivity contribution in [1.82, 2.24) is 24.6 Å². The number of hydrogen-bond donors (Lipinski definition) is 2. The molecule has 2 aromatic heterocycles. The number of aromatic amines is 2. The lowest BCUT2D eigenvalue weighted by Gasteiger charge is -2.16. The number of carbonyl (C=O) groups is 1. The minimum atomic E-state index is -0.274. The Labute approximate surface area is 195 Å². The number of nitrogens with one attached hydrogen (secondary N) is 2. The van der Waals surface area contributed by atoms with Crippen LogP contribution in [0.3, 0.4) is 0 Å². The van der Waals surface area contributed by atoms with E-state index in [0.717, 1.165) is 54.6 Å². The molecule has 8 heteroatoms. The Balaban J connectivity index is 1.23. The van der Waals surface area contributed by atoms with Crippen LogP contribution in [0.2, 0.25) is 0 Å². The summed E-state index contributed by atoms with van der Waals surface area (Å²) in [7, 11) is 0. The van der Waals surface area contributed by atoms with Crippen LogP contribution < -0.4 is 11.2 Å². The first kappa shape index (κ1) is 20.7. The Bertz CT molecular complexity index is 1490. The van der Waals surface area contributed by atoms with Crippen molar-refractivity contribution in [2.24, 2.45) is 11.8 Å². The third-order valence-electron chi connectivity index (χ3n) is 6.97. The second-order valence-corrected chi connectivity index (χ2v) is 9.35. The fourth-order valence-electron chi connectivity index (χ4n) is 4.94. The maximum absolute atomic E-state index is 12.6. The number of hydrogen-bond acceptors (Lipinski definition) is 4. The van der Waals surface area contributed by atoms with Crippen LogP contribution in [0.5, 0.6) is 0 Å². The van der Waals surface area contributed by atoms with Crippen molar-refractivity contribution in [3.05, 3.63) is 81.4 Å². The molecule has 6 rings (SSSR count). The molecule has 8 nitrogen and oxygen atoms in total. The second-order valence-electron chi connectivity index (χ2n) is 9.35. The standard InChI is InChI=1S/C26H25N5O3/c32-24-22-14-20(4-1-18(22)9-11-27-24)17-5-7-21(8-6-17)31-23(28-29-26(31)34)13-16-10-12-30(15-16)25(33)19-2-3-19/h1,4-9,11,14,16,19H,2-3,10,12-13,15H2,(H,27,32)(H,29,34)/t16-/m0/s1. The highest BCUT2D eigenvalue weighted by Crippen LogP contribution is 2.33. The number of carbonyl (C=O) groups excluding carboxylic acids is 1. The van der Waals surface area contributed by atoms with Gasteiger partial charge in [-0.3, -0.25) is 9.59 Å². The van der Waals surface area contributed by atoms with E-state index in [1.807, 2.05) is 53.4 Å². The third kappa shape index (κ3) is 3.75. The molecule has 1 atom stereocenters. The van der Waals surface area contributed by atoms with Crippen LogP contribution in [-0.2, 0) is 11.2 Å². The Morgan fingerprint density at radius 1 is 1.00 bits per heavy atom. The molecule has 2 aliphatic rings. The fraction of sp³-hybridized carbons (Fsp3) is 0.308. The quantitative estimate of drug-likeness (QED) is 0.483. The van der Waals surface area contributed by atoms with Gasteiger partial charge in [-0.1, -0.05) is 24.3 Å². The topological polar surface area (TPSA) is 104 Å². The van der Waals surface area contributed by atoms with Gasteiger partial charge in [-0.05, 0) is 66.0 Å². The van der Waals surface area contributed by atoms with Crippen LogP contribution in [0, 0.1) is 11.8 Å². The minimum absolute atomic E-state index is 0.116. The average Bonchev–Trinajstić information content (AvgIpc) is 3.50. The third-order valence-corrected chi connectivity index (χ3v) is 6.97. The molecule has 1 saturated heterocycles. The average molecular weight is 456 g/mol. The first-order valence-corrected chi connectivity index (χ1v) is 11.7. The number of likely N-dealkylation sites (tertiary alicyclic amines) is 1. The molecule has 2 fully saturated rings. The van der Waals surface area contributed by atoms with E-state index >= 15 is 0 Å². The number of benzene rings is 2. The maximum Gasteiger partial charge on any atom is 0.347 e. The Morgan fingerprint density at radius 2 is 1.79 bits per heavy atom. The van der Waals surface area contributed by atoms with Crippen LogP contribution in [-0.4, -0.2) is 43.6 Å². The highest BCUT2D eigenvalue weighted by atomic mass is 16.2. The molecule has 0 bridgehead atoms. The van der Waals surface area contributed by atoms with Crippen molar-refractivity contribution in [1.29, 1.82) is 0 Å². The van der Waals surface area contributed by atoms with Gasteiger partial charge in [0.15, 0.2) is 0 Å². The summed E-state index contributed by atoms with van der Waals surface area (Å²) in [6, 6.07) is 15.4. The maximum atomic E-state index is 12.6. The zero-order chi connectivity index (χ0) is 23.2. The number of nitrogens with zero attached hydrogens (tertiary/aromatic N) is 3. The van der Waals surface area contributed by atoms with E-state index in [4.69, 9.17) is 0 Å². The second kappa shape index (κ2) is 8.13. The first-order valence-electron chi connectivity index (χ1n) is 11.7. The molecular formula is C26H25N5O3. The summed E-state index contributed by atoms with van der Waals surface area (Å²) < 4.78 is 1.61. The lowest BCUT2D eigenvalue weighted by atomic mass is 10.0. The molecule has 1 aliphatic carbocycles. The Hall–Kier alpha value is -3.94. The van der Waals surface area contributed by atoms with Gasteiger partial charge in [-0.2, -0.15) is 5.10 Å². The number of pyridine rings is 1. The van der Waals surface area contributed by atoms with E-state index in [9.17, 15) is 14.4 Å². The monoisotopic (exact) mass is 455 g/mol. The van der Waals surface area contributed by atoms with Crippen molar-refractivity contribution in [2.75, 3.05) is 13.1 Å². The predicted octanol–water partition coefficient (Wildman–Crippen LogP) is 2.87. The zero-order valence-electron chi connectivity index (χ0n) is 18.7. The summed E-state index contributed by atoms with van der Waals surface area (Å²) in [4.78, 5) is 41.8. The van der Waals surface area contributed by atoms with Gasteiger partial charge in [0.25, 0.3) is 5.56 Å². The van der Waals surface area contributed by atoms with E-state index in [2.05, 4.69) is 15.2 Å². The van der Waals surface area contributed by atoms with Gasteiger partial charge in [0.1, 0.15) is 5.82 Å². The van der Waals surface area contributed by atoms with E-state index in [0.29, 0.717) is 23.5 Å². The Kier molecular flexibility index (Phi) is 4.94. The van der Waals surface area contributed by atoms with Crippen molar-refractivity contribution in [3.8, 4) is 16.8 Å². The largest absolute Gasteiger partial charge is 0.347 e. The summed E-state index contributed by atoms with van der Waals surface area (Å²) in [6.45, 7) is 1.52. The minimum Gasteiger partial charge on any atom is -0.342 e. The smallest absolute Gasteiger partial charge is 0.342 e. The highest BCUT2D eigenvalue weighted by Gasteiger charge is 2.36. The molecule has 0 unspecified atom stereocenters. The molecule has 2 N–H and O–H groups in total. The van der Waals surface area contributed by atoms with Gasteiger partial charge in [-0.25, -0.2) is 14.5 Å². The van der Waals surface area contributed by atoms with Crippen LogP contribution in [0.1, 0.15) is 25.1 Å². The number of fused-ring (bicyclic) bond motifs is 1. The summed E-state index contributed by atoms with van der Waals surface area (Å²) in [5.74, 6) is 1.50. The van der Waals surface area contributed by atoms with E-state index in [-0.39, 0.29) is 23.1 Å². The molecule has 34 heavy (non-hydrogen) atoms. The van der Waals surface area contributed by atoms with Gasteiger partial charge in [0.2, 0.25) is 5.91 Å². The van der Waals surface area contributed by atoms with Gasteiger partial charge in [0.05, 0.1) is 5.69 Å². The summed E-state index contributed by atoms with van der Waals surface area (Å²) in [6.07, 6.45) is 5.25. The molecule has 3 heterocycles. The summed E-state index contributed by atoms with van der Waals surface area (Å²) in [5, 5.41) is 8.40. The van der Waals surface area contributed by atoms with Gasteiger partial charge >= 0.3 is 5.69 Å². The molecule has 4 aromatic rings. The van der Waals surface area contributed by atoms with E-state index < -0.39 is 0 Å². The molecule has 1 saturated carbocycles. The molecule has 0 spiro atoms. The Morgan fingerprint density at radius 3 is 2.59 bits per heavy atom. The molecule has 1 aliphatic heterocycles. The van der Waals surface area contributed by atoms with Crippen LogP contribution in [0.4, 0.5) is 0 Å². The van der Waals surface area contributed by atoms with Gasteiger partial charge in [0, 0.05) is 37.0 Å². The van der Waals surface area contributed by atoms with Crippen LogP contribution >= 0.6 is 0 Å². The fourth-order valence-corrected chi connectivity index (χ4v) is 4.94. The van der Waals surface area contributed by atoms with Gasteiger partial charge in [-0.15, -0.1) is 0 Å². The zero-order valence-corrected chi connectivity index (χ0v) is 18.7. The molecular weight excluding hydrogens is 430 g/mol. The highest BCUT2D eigenvalue weighted by molar-refractivity contribution is 5.86. The lowest BCUT2D eigenvalue weighted by Crippen LogP contribution is -2.30. The van der Waals surface area contributed by atoms with Crippen LogP contribution in [0.25, 0.3) is 27.6 Å². The summed E-state index contributed by atoms with van der Waals surface area (Å²) in [5.41, 5.74) is 2.23. The molecule has 172 valence electrons. The van der Waals surface area contributed by atoms with Gasteiger partial charge < -0.3 is 9.88 Å². The number of H-pyrrole nitrogens is 2. The normalized spacial score (nSPS) is 18.0. The van der Waals surface area contributed by atoms with Crippen molar-refractivity contribution < 1.29 is 4.79 Å². The predicted molar refractivity (Wildman–Crippen MR) is 129 cm³/mol. The molecule has 1 amide bonds. The first-order chi connectivity index (χ1) is 16.6. The summed E-state index contributed by atoms with van der Waals surface area (Å²) >= 11 is 0. The number of aromatic nitrogens is 4. The van der Waals surface area contributed by atoms with Crippen molar-refractivity contribution in [3.63, 3.8) is 0 Å². The van der Waals surface area contributed by atoms with Crippen LogP contribution in [0.15, 0.2) is 64.3 Å². The molecule has 2 aromatic carbocycles.